The third kappa shape index (κ3) is 10.1. The molecule has 1 aromatic heterocycles. The van der Waals surface area contributed by atoms with Gasteiger partial charge in [0.1, 0.15) is 17.5 Å². The van der Waals surface area contributed by atoms with Gasteiger partial charge in [0.05, 0.1) is 23.3 Å². The van der Waals surface area contributed by atoms with Crippen LogP contribution in [0.3, 0.4) is 0 Å². The molecule has 36 heavy (non-hydrogen) atoms. The maximum atomic E-state index is 13.2. The van der Waals surface area contributed by atoms with E-state index in [0.29, 0.717) is 0 Å². The van der Waals surface area contributed by atoms with Gasteiger partial charge in [-0.3, -0.25) is 18.1 Å². The minimum Gasteiger partial charge on any atom is -0.458 e. The second-order valence-electron chi connectivity index (χ2n) is 9.80. The highest BCUT2D eigenvalue weighted by molar-refractivity contribution is 8.00. The second-order valence-corrected chi connectivity index (χ2v) is 12.9. The summed E-state index contributed by atoms with van der Waals surface area (Å²) in [7, 11) is -4.48. The van der Waals surface area contributed by atoms with Crippen LogP contribution in [0, 0.1) is 0 Å². The van der Waals surface area contributed by atoms with Gasteiger partial charge in [-0.25, -0.2) is 23.9 Å². The van der Waals surface area contributed by atoms with Gasteiger partial charge in [-0.2, -0.15) is 4.98 Å². The van der Waals surface area contributed by atoms with Crippen LogP contribution >= 0.6 is 19.6 Å². The normalized spacial score (nSPS) is 20.8. The van der Waals surface area contributed by atoms with E-state index in [1.165, 1.54) is 10.9 Å². The second kappa shape index (κ2) is 12.0. The molecule has 0 amide bonds. The van der Waals surface area contributed by atoms with Crippen LogP contribution < -0.4 is 11.4 Å². The molecule has 1 aliphatic rings. The van der Waals surface area contributed by atoms with E-state index < -0.39 is 66.6 Å². The molecule has 1 unspecified atom stereocenters. The molecule has 1 saturated heterocycles. The Morgan fingerprint density at radius 3 is 2.11 bits per heavy atom. The van der Waals surface area contributed by atoms with Crippen molar-refractivity contribution in [2.24, 2.45) is 0 Å². The average molecular weight is 553 g/mol. The predicted molar refractivity (Wildman–Crippen MR) is 129 cm³/mol. The van der Waals surface area contributed by atoms with E-state index in [-0.39, 0.29) is 19.0 Å². The summed E-state index contributed by atoms with van der Waals surface area (Å²) in [4.78, 5) is 43.5. The largest absolute Gasteiger partial charge is 0.475 e. The van der Waals surface area contributed by atoms with Gasteiger partial charge in [-0.1, -0.05) is 0 Å². The van der Waals surface area contributed by atoms with E-state index >= 15 is 0 Å². The topological polar surface area (TPSA) is 191 Å². The summed E-state index contributed by atoms with van der Waals surface area (Å²) in [6, 6.07) is 0. The lowest BCUT2D eigenvalue weighted by Crippen LogP contribution is -2.28. The lowest BCUT2D eigenvalue weighted by atomic mass is 10.2. The molecule has 0 saturated carbocycles. The van der Waals surface area contributed by atoms with Crippen molar-refractivity contribution in [2.75, 3.05) is 25.6 Å². The predicted octanol–water partition coefficient (Wildman–Crippen LogP) is 1.43. The molecular weight excluding hydrogens is 519 g/mol. The minimum absolute atomic E-state index is 0.147. The Hall–Kier alpha value is -2.03. The van der Waals surface area contributed by atoms with Gasteiger partial charge in [0.25, 0.3) is 0 Å². The highest BCUT2D eigenvalue weighted by Gasteiger charge is 2.39. The van der Waals surface area contributed by atoms with Gasteiger partial charge >= 0.3 is 25.5 Å². The molecule has 0 radical (unpaired) electrons. The maximum Gasteiger partial charge on any atom is 0.475 e. The van der Waals surface area contributed by atoms with Gasteiger partial charge in [0, 0.05) is 6.42 Å². The number of hydrogen-bond donors (Lipinski definition) is 2. The number of hydrogen-bond acceptors (Lipinski definition) is 14. The van der Waals surface area contributed by atoms with Gasteiger partial charge in [-0.15, -0.1) is 11.8 Å². The van der Waals surface area contributed by atoms with Gasteiger partial charge in [-0.05, 0) is 41.5 Å². The molecule has 2 heterocycles. The molecule has 1 aromatic rings. The number of phosphoric acid groups is 1. The van der Waals surface area contributed by atoms with E-state index in [0.717, 1.165) is 11.8 Å². The number of nitrogens with two attached hydrogens (primary N) is 1. The summed E-state index contributed by atoms with van der Waals surface area (Å²) < 4.78 is 40.2. The number of aliphatic hydroxyl groups is 1. The first-order valence-electron chi connectivity index (χ1n) is 11.0. The fourth-order valence-corrected chi connectivity index (χ4v) is 5.49. The first-order chi connectivity index (χ1) is 16.5. The molecule has 204 valence electrons. The number of phosphoric ester groups is 1. The third-order valence-electron chi connectivity index (χ3n) is 4.18. The Balaban J connectivity index is 2.06. The smallest absolute Gasteiger partial charge is 0.458 e. The van der Waals surface area contributed by atoms with E-state index in [4.69, 9.17) is 28.8 Å². The Labute approximate surface area is 212 Å². The van der Waals surface area contributed by atoms with Crippen LogP contribution in [0.1, 0.15) is 53.3 Å². The van der Waals surface area contributed by atoms with Crippen LogP contribution in [0.2, 0.25) is 0 Å². The summed E-state index contributed by atoms with van der Waals surface area (Å²) in [6.07, 6.45) is 0.403. The third-order valence-corrected chi connectivity index (χ3v) is 7.07. The minimum atomic E-state index is -4.48. The molecule has 0 aliphatic carbocycles. The molecule has 3 atom stereocenters. The van der Waals surface area contributed by atoms with E-state index in [1.807, 2.05) is 0 Å². The fourth-order valence-electron chi connectivity index (χ4n) is 2.87. The summed E-state index contributed by atoms with van der Waals surface area (Å²) in [5.41, 5.74) is 3.14. The zero-order valence-electron chi connectivity index (χ0n) is 21.0. The molecule has 3 N–H and O–H groups in total. The van der Waals surface area contributed by atoms with Crippen LogP contribution in [-0.4, -0.2) is 74.0 Å². The summed E-state index contributed by atoms with van der Waals surface area (Å²) in [6.45, 7) is 7.97. The zero-order valence-corrected chi connectivity index (χ0v) is 22.7. The number of nitrogens with zero attached hydrogens (tertiary/aromatic N) is 3. The number of rotatable bonds is 10. The summed E-state index contributed by atoms with van der Waals surface area (Å²) in [5, 5.41) is 9.25. The number of carbonyl (C=O) groups is 2. The van der Waals surface area contributed by atoms with Crippen molar-refractivity contribution in [3.8, 4) is 0 Å². The number of anilines is 1. The van der Waals surface area contributed by atoms with Crippen LogP contribution in [0.25, 0.3) is 0 Å². The number of thioether (sulfide) groups is 1. The Kier molecular flexibility index (Phi) is 10.1. The molecule has 2 rings (SSSR count). The Morgan fingerprint density at radius 1 is 1.11 bits per heavy atom. The lowest BCUT2D eigenvalue weighted by Gasteiger charge is -2.23. The van der Waals surface area contributed by atoms with Gasteiger partial charge in [0.2, 0.25) is 5.95 Å². The molecule has 14 nitrogen and oxygen atoms in total. The van der Waals surface area contributed by atoms with Crippen molar-refractivity contribution >= 4 is 37.5 Å². The van der Waals surface area contributed by atoms with E-state index in [1.54, 1.807) is 41.5 Å². The number of carbonyl (C=O) groups excluding carboxylic acids is 2. The Bertz CT molecular complexity index is 1000. The lowest BCUT2D eigenvalue weighted by molar-refractivity contribution is -0.158. The van der Waals surface area contributed by atoms with Crippen molar-refractivity contribution in [3.63, 3.8) is 0 Å². The van der Waals surface area contributed by atoms with Crippen LogP contribution in [0.4, 0.5) is 5.95 Å². The molecule has 16 heteroatoms. The molecule has 1 fully saturated rings. The number of esters is 2. The standard InChI is InChI=1S/C20H33N4O10PS/c1-19(2,3)33-15(26)9-31-35(29,32-10-16(27)34-20(4,5)6)30-8-13-12(25)7-14(36-13)24-11-22-17(21)23-18(24)28/h11-14,25H,7-10H2,1-6H3,(H2,21,23,28)/t12?,13-,14-/m1/s1. The summed E-state index contributed by atoms with van der Waals surface area (Å²) in [5.74, 6) is -1.83. The van der Waals surface area contributed by atoms with Crippen molar-refractivity contribution in [1.29, 1.82) is 0 Å². The molecule has 0 bridgehead atoms. The zero-order chi connectivity index (χ0) is 27.3. The first kappa shape index (κ1) is 30.2. The highest BCUT2D eigenvalue weighted by Crippen LogP contribution is 2.51. The molecular formula is C20H33N4O10PS. The first-order valence-corrected chi connectivity index (χ1v) is 13.4. The van der Waals surface area contributed by atoms with E-state index in [2.05, 4.69) is 9.97 Å². The van der Waals surface area contributed by atoms with Gasteiger partial charge < -0.3 is 20.3 Å². The van der Waals surface area contributed by atoms with Crippen molar-refractivity contribution in [2.45, 2.75) is 75.9 Å². The SMILES string of the molecule is CC(C)(C)OC(=O)COP(=O)(OCC(=O)OC(C)(C)C)OC[C@H]1S[C@@H](n2cnc(N)nc2=O)CC1O. The number of aromatic nitrogens is 3. The van der Waals surface area contributed by atoms with E-state index in [9.17, 15) is 24.1 Å². The molecule has 1 aliphatic heterocycles. The van der Waals surface area contributed by atoms with Crippen LogP contribution in [-0.2, 0) is 37.2 Å². The quantitative estimate of drug-likeness (QED) is 0.313. The highest BCUT2D eigenvalue weighted by atomic mass is 32.2. The van der Waals surface area contributed by atoms with Crippen molar-refractivity contribution in [3.05, 3.63) is 16.8 Å². The van der Waals surface area contributed by atoms with Crippen LogP contribution in [0.5, 0.6) is 0 Å². The average Bonchev–Trinajstić information content (AvgIpc) is 3.07. The van der Waals surface area contributed by atoms with Gasteiger partial charge in [0.15, 0.2) is 13.2 Å². The monoisotopic (exact) mass is 552 g/mol. The number of aliphatic hydroxyl groups excluding tert-OH is 1. The number of ether oxygens (including phenoxy) is 2. The summed E-state index contributed by atoms with van der Waals surface area (Å²) >= 11 is 1.15. The Morgan fingerprint density at radius 2 is 1.64 bits per heavy atom. The molecule has 0 aromatic carbocycles. The van der Waals surface area contributed by atoms with Crippen molar-refractivity contribution < 1.29 is 42.3 Å². The van der Waals surface area contributed by atoms with Crippen LogP contribution in [0.15, 0.2) is 11.1 Å². The number of nitrogen functional groups attached to an aromatic ring is 1. The van der Waals surface area contributed by atoms with Crippen molar-refractivity contribution in [1.82, 2.24) is 14.5 Å². The molecule has 0 spiro atoms. The fraction of sp³-hybridized carbons (Fsp3) is 0.750. The maximum absolute atomic E-state index is 13.2.